The second kappa shape index (κ2) is 5.34. The van der Waals surface area contributed by atoms with Gasteiger partial charge in [0.15, 0.2) is 11.0 Å². The normalized spacial score (nSPS) is 22.1. The molecule has 3 N–H and O–H groups in total. The van der Waals surface area contributed by atoms with Crippen molar-refractivity contribution in [2.45, 2.75) is 25.3 Å². The summed E-state index contributed by atoms with van der Waals surface area (Å²) in [5.74, 6) is 0.176. The van der Waals surface area contributed by atoms with Crippen molar-refractivity contribution >= 4 is 34.4 Å². The van der Waals surface area contributed by atoms with Gasteiger partial charge in [-0.1, -0.05) is 23.7 Å². The van der Waals surface area contributed by atoms with E-state index < -0.39 is 0 Å². The van der Waals surface area contributed by atoms with Gasteiger partial charge in [0.05, 0.1) is 11.0 Å². The van der Waals surface area contributed by atoms with Gasteiger partial charge in [0.2, 0.25) is 5.91 Å². The number of halogens is 1. The van der Waals surface area contributed by atoms with Crippen LogP contribution in [0, 0.1) is 5.92 Å². The predicted octanol–water partition coefficient (Wildman–Crippen LogP) is 2.35. The lowest BCUT2D eigenvalue weighted by atomic mass is 10.1. The number of anilines is 1. The molecule has 0 bridgehead atoms. The highest BCUT2D eigenvalue weighted by molar-refractivity contribution is 6.32. The van der Waals surface area contributed by atoms with Gasteiger partial charge < -0.3 is 11.1 Å². The summed E-state index contributed by atoms with van der Waals surface area (Å²) in [4.78, 5) is 20.7. The van der Waals surface area contributed by atoms with E-state index in [0.717, 1.165) is 12.8 Å². The fourth-order valence-corrected chi connectivity index (χ4v) is 2.71. The van der Waals surface area contributed by atoms with E-state index in [1.807, 2.05) is 24.3 Å². The van der Waals surface area contributed by atoms with Crippen LogP contribution in [0.15, 0.2) is 24.3 Å². The molecule has 1 heterocycles. The SMILES string of the molecule is NC1CCC(C(=O)Nc2nc3ccccc3nc2Cl)C1. The molecule has 2 unspecified atom stereocenters. The van der Waals surface area contributed by atoms with Crippen LogP contribution in [0.2, 0.25) is 5.15 Å². The third kappa shape index (κ3) is 2.59. The highest BCUT2D eigenvalue weighted by Crippen LogP contribution is 2.27. The van der Waals surface area contributed by atoms with Crippen LogP contribution in [0.4, 0.5) is 5.82 Å². The first kappa shape index (κ1) is 13.3. The summed E-state index contributed by atoms with van der Waals surface area (Å²) in [5, 5.41) is 2.97. The van der Waals surface area contributed by atoms with Gasteiger partial charge in [0.25, 0.3) is 0 Å². The number of hydrogen-bond acceptors (Lipinski definition) is 4. The molecule has 1 aliphatic carbocycles. The molecule has 1 aromatic carbocycles. The maximum atomic E-state index is 12.2. The Morgan fingerprint density at radius 1 is 1.25 bits per heavy atom. The number of nitrogens with one attached hydrogen (secondary N) is 1. The maximum absolute atomic E-state index is 12.2. The van der Waals surface area contributed by atoms with Crippen molar-refractivity contribution < 1.29 is 4.79 Å². The highest BCUT2D eigenvalue weighted by Gasteiger charge is 2.28. The Morgan fingerprint density at radius 2 is 1.95 bits per heavy atom. The topological polar surface area (TPSA) is 80.9 Å². The number of fused-ring (bicyclic) bond motifs is 1. The molecule has 20 heavy (non-hydrogen) atoms. The van der Waals surface area contributed by atoms with Crippen LogP contribution in [0.3, 0.4) is 0 Å². The molecule has 1 amide bonds. The molecule has 104 valence electrons. The zero-order valence-electron chi connectivity index (χ0n) is 10.8. The number of carbonyl (C=O) groups excluding carboxylic acids is 1. The zero-order chi connectivity index (χ0) is 14.1. The molecule has 2 aromatic rings. The van der Waals surface area contributed by atoms with Crippen LogP contribution in [-0.2, 0) is 4.79 Å². The van der Waals surface area contributed by atoms with Crippen LogP contribution in [0.25, 0.3) is 11.0 Å². The number of para-hydroxylation sites is 2. The summed E-state index contributed by atoms with van der Waals surface area (Å²) >= 11 is 6.07. The fraction of sp³-hybridized carbons (Fsp3) is 0.357. The summed E-state index contributed by atoms with van der Waals surface area (Å²) in [6.07, 6.45) is 2.41. The van der Waals surface area contributed by atoms with Crippen molar-refractivity contribution in [2.75, 3.05) is 5.32 Å². The van der Waals surface area contributed by atoms with E-state index in [1.165, 1.54) is 0 Å². The molecule has 5 nitrogen and oxygen atoms in total. The minimum Gasteiger partial charge on any atom is -0.328 e. The largest absolute Gasteiger partial charge is 0.328 e. The predicted molar refractivity (Wildman–Crippen MR) is 78.5 cm³/mol. The van der Waals surface area contributed by atoms with Crippen LogP contribution >= 0.6 is 11.6 Å². The zero-order valence-corrected chi connectivity index (χ0v) is 11.6. The van der Waals surface area contributed by atoms with Gasteiger partial charge in [-0.15, -0.1) is 0 Å². The number of amides is 1. The van der Waals surface area contributed by atoms with Gasteiger partial charge >= 0.3 is 0 Å². The van der Waals surface area contributed by atoms with E-state index in [0.29, 0.717) is 23.3 Å². The summed E-state index contributed by atoms with van der Waals surface area (Å²) in [6.45, 7) is 0. The van der Waals surface area contributed by atoms with Gasteiger partial charge in [-0.2, -0.15) is 0 Å². The van der Waals surface area contributed by atoms with Crippen molar-refractivity contribution in [3.05, 3.63) is 29.4 Å². The van der Waals surface area contributed by atoms with E-state index in [4.69, 9.17) is 17.3 Å². The quantitative estimate of drug-likeness (QED) is 0.889. The van der Waals surface area contributed by atoms with Gasteiger partial charge in [-0.25, -0.2) is 9.97 Å². The molecule has 0 saturated heterocycles. The second-order valence-electron chi connectivity index (χ2n) is 5.11. The molecular formula is C14H15ClN4O. The summed E-state index contributed by atoms with van der Waals surface area (Å²) in [5.41, 5.74) is 7.24. The Hall–Kier alpha value is -1.72. The average molecular weight is 291 g/mol. The van der Waals surface area contributed by atoms with Crippen molar-refractivity contribution in [3.63, 3.8) is 0 Å². The minimum atomic E-state index is -0.0792. The van der Waals surface area contributed by atoms with E-state index in [2.05, 4.69) is 15.3 Å². The lowest BCUT2D eigenvalue weighted by Gasteiger charge is -2.11. The number of benzene rings is 1. The Kier molecular flexibility index (Phi) is 3.54. The van der Waals surface area contributed by atoms with Crippen molar-refractivity contribution in [1.82, 2.24) is 9.97 Å². The Labute approximate surface area is 121 Å². The van der Waals surface area contributed by atoms with E-state index in [1.54, 1.807) is 0 Å². The van der Waals surface area contributed by atoms with E-state index in [-0.39, 0.29) is 23.0 Å². The lowest BCUT2D eigenvalue weighted by molar-refractivity contribution is -0.119. The number of nitrogens with two attached hydrogens (primary N) is 1. The van der Waals surface area contributed by atoms with Gasteiger partial charge in [-0.3, -0.25) is 4.79 Å². The van der Waals surface area contributed by atoms with E-state index in [9.17, 15) is 4.79 Å². The molecule has 6 heteroatoms. The van der Waals surface area contributed by atoms with Crippen LogP contribution < -0.4 is 11.1 Å². The molecule has 0 spiro atoms. The van der Waals surface area contributed by atoms with Crippen molar-refractivity contribution in [2.24, 2.45) is 11.7 Å². The Bertz CT molecular complexity index is 661. The van der Waals surface area contributed by atoms with Gasteiger partial charge in [0, 0.05) is 12.0 Å². The van der Waals surface area contributed by atoms with Crippen LogP contribution in [0.1, 0.15) is 19.3 Å². The lowest BCUT2D eigenvalue weighted by Crippen LogP contribution is -2.24. The molecule has 1 aliphatic rings. The molecule has 0 radical (unpaired) electrons. The number of aromatic nitrogens is 2. The van der Waals surface area contributed by atoms with Crippen molar-refractivity contribution in [3.8, 4) is 0 Å². The molecule has 1 saturated carbocycles. The standard InChI is InChI=1S/C14H15ClN4O/c15-12-13(18-11-4-2-1-3-10(11)17-12)19-14(20)8-5-6-9(16)7-8/h1-4,8-9H,5-7,16H2,(H,18,19,20). The average Bonchev–Trinajstić information content (AvgIpc) is 2.86. The van der Waals surface area contributed by atoms with Gasteiger partial charge in [-0.05, 0) is 31.4 Å². The third-order valence-corrected chi connectivity index (χ3v) is 3.88. The van der Waals surface area contributed by atoms with E-state index >= 15 is 0 Å². The number of carbonyl (C=O) groups is 1. The highest BCUT2D eigenvalue weighted by atomic mass is 35.5. The fourth-order valence-electron chi connectivity index (χ4n) is 2.53. The molecule has 2 atom stereocenters. The molecule has 0 aliphatic heterocycles. The summed E-state index contributed by atoms with van der Waals surface area (Å²) < 4.78 is 0. The maximum Gasteiger partial charge on any atom is 0.228 e. The first-order valence-corrected chi connectivity index (χ1v) is 7.00. The molecular weight excluding hydrogens is 276 g/mol. The Morgan fingerprint density at radius 3 is 2.60 bits per heavy atom. The van der Waals surface area contributed by atoms with Crippen LogP contribution in [-0.4, -0.2) is 21.9 Å². The molecule has 3 rings (SSSR count). The van der Waals surface area contributed by atoms with Crippen LogP contribution in [0.5, 0.6) is 0 Å². The van der Waals surface area contributed by atoms with Crippen molar-refractivity contribution in [1.29, 1.82) is 0 Å². The monoisotopic (exact) mass is 290 g/mol. The first-order valence-electron chi connectivity index (χ1n) is 6.62. The number of nitrogens with zero attached hydrogens (tertiary/aromatic N) is 2. The smallest absolute Gasteiger partial charge is 0.228 e. The molecule has 1 aromatic heterocycles. The van der Waals surface area contributed by atoms with Gasteiger partial charge in [0.1, 0.15) is 0 Å². The summed E-state index contributed by atoms with van der Waals surface area (Å²) in [6, 6.07) is 7.51. The molecule has 1 fully saturated rings. The third-order valence-electron chi connectivity index (χ3n) is 3.61. The second-order valence-corrected chi connectivity index (χ2v) is 5.47. The number of rotatable bonds is 2. The Balaban J connectivity index is 1.83. The minimum absolute atomic E-state index is 0.0608. The number of hydrogen-bond donors (Lipinski definition) is 2. The summed E-state index contributed by atoms with van der Waals surface area (Å²) in [7, 11) is 0. The first-order chi connectivity index (χ1) is 9.63.